The van der Waals surface area contributed by atoms with E-state index in [2.05, 4.69) is 25.4 Å². The zero-order chi connectivity index (χ0) is 16.3. The summed E-state index contributed by atoms with van der Waals surface area (Å²) in [5.74, 6) is -0.571. The van der Waals surface area contributed by atoms with Crippen molar-refractivity contribution in [1.82, 2.24) is 0 Å². The van der Waals surface area contributed by atoms with Crippen LogP contribution >= 0.6 is 15.9 Å². The first-order chi connectivity index (χ1) is 10.3. The minimum absolute atomic E-state index is 0.00131. The molecule has 0 bridgehead atoms. The van der Waals surface area contributed by atoms with E-state index in [1.54, 1.807) is 37.3 Å². The number of rotatable bonds is 4. The third-order valence-corrected chi connectivity index (χ3v) is 4.93. The van der Waals surface area contributed by atoms with Crippen LogP contribution in [0.1, 0.15) is 15.9 Å². The van der Waals surface area contributed by atoms with Crippen LogP contribution in [0.15, 0.2) is 51.8 Å². The lowest BCUT2D eigenvalue weighted by Crippen LogP contribution is -2.14. The zero-order valence-corrected chi connectivity index (χ0v) is 14.4. The molecule has 0 amide bonds. The van der Waals surface area contributed by atoms with Crippen molar-refractivity contribution in [3.8, 4) is 0 Å². The molecule has 0 aliphatic heterocycles. The molecular weight excluding hydrogens is 370 g/mol. The average Bonchev–Trinajstić information content (AvgIpc) is 2.49. The fourth-order valence-electron chi connectivity index (χ4n) is 1.83. The van der Waals surface area contributed by atoms with Gasteiger partial charge in [-0.2, -0.15) is 0 Å². The number of hydrogen-bond acceptors (Lipinski definition) is 4. The molecule has 0 radical (unpaired) electrons. The Hall–Kier alpha value is -1.86. The molecular formula is C15H14BrNO4S. The quantitative estimate of drug-likeness (QED) is 0.821. The lowest BCUT2D eigenvalue weighted by Gasteiger charge is -2.10. The topological polar surface area (TPSA) is 72.5 Å². The molecule has 0 spiro atoms. The Morgan fingerprint density at radius 3 is 2.36 bits per heavy atom. The van der Waals surface area contributed by atoms with Crippen molar-refractivity contribution in [2.75, 3.05) is 11.8 Å². The number of nitrogens with one attached hydrogen (secondary N) is 1. The van der Waals surface area contributed by atoms with Crippen LogP contribution in [0.4, 0.5) is 5.69 Å². The Bertz CT molecular complexity index is 801. The van der Waals surface area contributed by atoms with Gasteiger partial charge in [0.2, 0.25) is 0 Å². The van der Waals surface area contributed by atoms with Gasteiger partial charge < -0.3 is 4.74 Å². The maximum Gasteiger partial charge on any atom is 0.338 e. The molecule has 0 atom stereocenters. The van der Waals surface area contributed by atoms with Crippen LogP contribution < -0.4 is 4.72 Å². The van der Waals surface area contributed by atoms with Gasteiger partial charge in [0, 0.05) is 10.2 Å². The Balaban J connectivity index is 2.37. The molecule has 2 aromatic carbocycles. The summed E-state index contributed by atoms with van der Waals surface area (Å²) in [4.78, 5) is 11.7. The first-order valence-corrected chi connectivity index (χ1v) is 8.58. The maximum atomic E-state index is 12.4. The number of esters is 1. The number of carbonyl (C=O) groups is 1. The number of anilines is 1. The standard InChI is InChI=1S/C15H14BrNO4S/c1-10-3-8-13(9-14(10)15(18)21-2)22(19,20)17-12-6-4-11(16)5-7-12/h3-9,17H,1-2H3. The summed E-state index contributed by atoms with van der Waals surface area (Å²) in [5, 5.41) is 0. The molecule has 0 aliphatic carbocycles. The van der Waals surface area contributed by atoms with E-state index in [-0.39, 0.29) is 10.5 Å². The van der Waals surface area contributed by atoms with E-state index in [4.69, 9.17) is 0 Å². The van der Waals surface area contributed by atoms with Crippen LogP contribution in [0, 0.1) is 6.92 Å². The van der Waals surface area contributed by atoms with Gasteiger partial charge in [-0.3, -0.25) is 4.72 Å². The molecule has 1 N–H and O–H groups in total. The predicted octanol–water partition coefficient (Wildman–Crippen LogP) is 3.34. The van der Waals surface area contributed by atoms with Gasteiger partial charge in [0.15, 0.2) is 0 Å². The van der Waals surface area contributed by atoms with E-state index >= 15 is 0 Å². The van der Waals surface area contributed by atoms with E-state index < -0.39 is 16.0 Å². The Labute approximate surface area is 137 Å². The molecule has 0 unspecified atom stereocenters. The van der Waals surface area contributed by atoms with Crippen LogP contribution in [0.2, 0.25) is 0 Å². The molecule has 0 fully saturated rings. The molecule has 116 valence electrons. The summed E-state index contributed by atoms with van der Waals surface area (Å²) >= 11 is 3.28. The molecule has 0 saturated carbocycles. The minimum atomic E-state index is -3.78. The van der Waals surface area contributed by atoms with Gasteiger partial charge in [-0.05, 0) is 48.9 Å². The molecule has 5 nitrogen and oxygen atoms in total. The Kier molecular flexibility index (Phi) is 4.87. The van der Waals surface area contributed by atoms with Crippen molar-refractivity contribution in [1.29, 1.82) is 0 Å². The van der Waals surface area contributed by atoms with E-state index in [1.807, 2.05) is 0 Å². The highest BCUT2D eigenvalue weighted by Gasteiger charge is 2.18. The van der Waals surface area contributed by atoms with Crippen LogP contribution in [0.25, 0.3) is 0 Å². The van der Waals surface area contributed by atoms with Crippen molar-refractivity contribution >= 4 is 37.6 Å². The number of hydrogen-bond donors (Lipinski definition) is 1. The average molecular weight is 384 g/mol. The van der Waals surface area contributed by atoms with Gasteiger partial charge in [0.05, 0.1) is 17.6 Å². The van der Waals surface area contributed by atoms with Crippen LogP contribution in [0.5, 0.6) is 0 Å². The second kappa shape index (κ2) is 6.50. The summed E-state index contributed by atoms with van der Waals surface area (Å²) in [6.07, 6.45) is 0. The molecule has 0 saturated heterocycles. The lowest BCUT2D eigenvalue weighted by molar-refractivity contribution is 0.0599. The first kappa shape index (κ1) is 16.5. The summed E-state index contributed by atoms with van der Waals surface area (Å²) in [6, 6.07) is 11.1. The van der Waals surface area contributed by atoms with E-state index in [1.165, 1.54) is 19.2 Å². The van der Waals surface area contributed by atoms with E-state index in [9.17, 15) is 13.2 Å². The SMILES string of the molecule is COC(=O)c1cc(S(=O)(=O)Nc2ccc(Br)cc2)ccc1C. The number of aryl methyl sites for hydroxylation is 1. The third kappa shape index (κ3) is 3.66. The van der Waals surface area contributed by atoms with Gasteiger partial charge in [0.1, 0.15) is 0 Å². The molecule has 2 rings (SSSR count). The highest BCUT2D eigenvalue weighted by molar-refractivity contribution is 9.10. The maximum absolute atomic E-state index is 12.4. The Morgan fingerprint density at radius 1 is 1.14 bits per heavy atom. The normalized spacial score (nSPS) is 11.0. The largest absolute Gasteiger partial charge is 0.465 e. The number of benzene rings is 2. The molecule has 0 aromatic heterocycles. The van der Waals surface area contributed by atoms with Crippen molar-refractivity contribution < 1.29 is 17.9 Å². The van der Waals surface area contributed by atoms with Gasteiger partial charge in [-0.1, -0.05) is 22.0 Å². The van der Waals surface area contributed by atoms with Crippen molar-refractivity contribution in [3.05, 3.63) is 58.1 Å². The molecule has 2 aromatic rings. The minimum Gasteiger partial charge on any atom is -0.465 e. The second-order valence-electron chi connectivity index (χ2n) is 4.58. The van der Waals surface area contributed by atoms with Crippen LogP contribution in [0.3, 0.4) is 0 Å². The van der Waals surface area contributed by atoms with Crippen molar-refractivity contribution in [3.63, 3.8) is 0 Å². The molecule has 0 aliphatic rings. The highest BCUT2D eigenvalue weighted by atomic mass is 79.9. The van der Waals surface area contributed by atoms with Crippen molar-refractivity contribution in [2.45, 2.75) is 11.8 Å². The molecule has 7 heteroatoms. The second-order valence-corrected chi connectivity index (χ2v) is 7.18. The van der Waals surface area contributed by atoms with Crippen LogP contribution in [-0.4, -0.2) is 21.5 Å². The summed E-state index contributed by atoms with van der Waals surface area (Å²) in [5.41, 5.74) is 1.30. The number of sulfonamides is 1. The van der Waals surface area contributed by atoms with E-state index in [0.29, 0.717) is 11.3 Å². The van der Waals surface area contributed by atoms with Gasteiger partial charge in [0.25, 0.3) is 10.0 Å². The molecule has 22 heavy (non-hydrogen) atoms. The van der Waals surface area contributed by atoms with Gasteiger partial charge in [-0.15, -0.1) is 0 Å². The van der Waals surface area contributed by atoms with Crippen molar-refractivity contribution in [2.24, 2.45) is 0 Å². The summed E-state index contributed by atoms with van der Waals surface area (Å²) < 4.78 is 32.7. The highest BCUT2D eigenvalue weighted by Crippen LogP contribution is 2.21. The summed E-state index contributed by atoms with van der Waals surface area (Å²) in [7, 11) is -2.53. The first-order valence-electron chi connectivity index (χ1n) is 6.31. The van der Waals surface area contributed by atoms with Gasteiger partial charge in [-0.25, -0.2) is 13.2 Å². The smallest absolute Gasteiger partial charge is 0.338 e. The monoisotopic (exact) mass is 383 g/mol. The zero-order valence-electron chi connectivity index (χ0n) is 12.0. The number of ether oxygens (including phenoxy) is 1. The summed E-state index contributed by atoms with van der Waals surface area (Å²) in [6.45, 7) is 1.71. The number of halogens is 1. The number of methoxy groups -OCH3 is 1. The Morgan fingerprint density at radius 2 is 1.77 bits per heavy atom. The van der Waals surface area contributed by atoms with Crippen LogP contribution in [-0.2, 0) is 14.8 Å². The fraction of sp³-hybridized carbons (Fsp3) is 0.133. The lowest BCUT2D eigenvalue weighted by atomic mass is 10.1. The predicted molar refractivity (Wildman–Crippen MR) is 87.5 cm³/mol. The fourth-order valence-corrected chi connectivity index (χ4v) is 3.18. The van der Waals surface area contributed by atoms with E-state index in [0.717, 1.165) is 4.47 Å². The molecule has 0 heterocycles. The third-order valence-electron chi connectivity index (χ3n) is 3.02. The van der Waals surface area contributed by atoms with Gasteiger partial charge >= 0.3 is 5.97 Å². The number of carbonyl (C=O) groups excluding carboxylic acids is 1.